The molecule has 0 aromatic heterocycles. The molecule has 122 valence electrons. The van der Waals surface area contributed by atoms with Crippen LogP contribution in [0.5, 0.6) is 5.75 Å². The topological polar surface area (TPSA) is 41.9 Å². The van der Waals surface area contributed by atoms with Crippen molar-refractivity contribution < 1.29 is 9.53 Å². The Morgan fingerprint density at radius 2 is 1.92 bits per heavy atom. The number of amides is 1. The molecular formula is C18H14Cl2N2O2. The first kappa shape index (κ1) is 16.6. The van der Waals surface area contributed by atoms with Gasteiger partial charge in [-0.05, 0) is 37.3 Å². The zero-order chi connectivity index (χ0) is 17.3. The molecule has 0 saturated carbocycles. The van der Waals surface area contributed by atoms with Crippen molar-refractivity contribution in [3.8, 4) is 5.75 Å². The third-order valence-corrected chi connectivity index (χ3v) is 4.18. The van der Waals surface area contributed by atoms with Gasteiger partial charge in [-0.15, -0.1) is 0 Å². The average Bonchev–Trinajstić information content (AvgIpc) is 2.83. The van der Waals surface area contributed by atoms with Gasteiger partial charge in [0.1, 0.15) is 5.75 Å². The lowest BCUT2D eigenvalue weighted by molar-refractivity contribution is -0.114. The van der Waals surface area contributed by atoms with E-state index >= 15 is 0 Å². The number of nitrogens with zero attached hydrogens (tertiary/aromatic N) is 2. The molecule has 1 aliphatic heterocycles. The second-order valence-electron chi connectivity index (χ2n) is 5.20. The summed E-state index contributed by atoms with van der Waals surface area (Å²) in [6.07, 6.45) is 1.77. The van der Waals surface area contributed by atoms with E-state index in [0.29, 0.717) is 32.8 Å². The summed E-state index contributed by atoms with van der Waals surface area (Å²) < 4.78 is 5.32. The largest absolute Gasteiger partial charge is 0.496 e. The lowest BCUT2D eigenvalue weighted by Gasteiger charge is -2.13. The minimum atomic E-state index is -0.248. The number of hydrazone groups is 1. The maximum atomic E-state index is 12.8. The van der Waals surface area contributed by atoms with Crippen LogP contribution in [0.2, 0.25) is 10.0 Å². The summed E-state index contributed by atoms with van der Waals surface area (Å²) in [5.41, 5.74) is 2.40. The third-order valence-electron chi connectivity index (χ3n) is 3.64. The molecule has 2 aromatic carbocycles. The second kappa shape index (κ2) is 6.67. The van der Waals surface area contributed by atoms with E-state index in [9.17, 15) is 4.79 Å². The van der Waals surface area contributed by atoms with E-state index in [4.69, 9.17) is 27.9 Å². The predicted molar refractivity (Wildman–Crippen MR) is 98.0 cm³/mol. The highest BCUT2D eigenvalue weighted by Gasteiger charge is 2.30. The van der Waals surface area contributed by atoms with Crippen LogP contribution in [0, 0.1) is 0 Å². The van der Waals surface area contributed by atoms with Crippen LogP contribution in [-0.2, 0) is 4.79 Å². The van der Waals surface area contributed by atoms with Crippen molar-refractivity contribution in [2.24, 2.45) is 5.10 Å². The lowest BCUT2D eigenvalue weighted by Crippen LogP contribution is -2.21. The van der Waals surface area contributed by atoms with Crippen LogP contribution in [0.1, 0.15) is 12.5 Å². The van der Waals surface area contributed by atoms with Crippen LogP contribution in [0.4, 0.5) is 5.69 Å². The van der Waals surface area contributed by atoms with Gasteiger partial charge in [0.15, 0.2) is 0 Å². The first-order valence-electron chi connectivity index (χ1n) is 7.21. The van der Waals surface area contributed by atoms with Gasteiger partial charge in [-0.3, -0.25) is 4.79 Å². The monoisotopic (exact) mass is 360 g/mol. The van der Waals surface area contributed by atoms with E-state index in [1.807, 2.05) is 24.3 Å². The Bertz CT molecular complexity index is 875. The molecule has 6 heteroatoms. The molecule has 0 unspecified atom stereocenters. The van der Waals surface area contributed by atoms with Crippen molar-refractivity contribution in [2.45, 2.75) is 6.92 Å². The minimum Gasteiger partial charge on any atom is -0.496 e. The number of rotatable bonds is 3. The quantitative estimate of drug-likeness (QED) is 0.737. The van der Waals surface area contributed by atoms with Gasteiger partial charge in [-0.1, -0.05) is 41.4 Å². The van der Waals surface area contributed by atoms with Crippen molar-refractivity contribution >= 4 is 46.6 Å². The van der Waals surface area contributed by atoms with Crippen molar-refractivity contribution in [3.05, 3.63) is 63.6 Å². The van der Waals surface area contributed by atoms with Gasteiger partial charge in [-0.2, -0.15) is 10.1 Å². The molecule has 24 heavy (non-hydrogen) atoms. The Morgan fingerprint density at radius 3 is 2.62 bits per heavy atom. The Morgan fingerprint density at radius 1 is 1.17 bits per heavy atom. The predicted octanol–water partition coefficient (Wildman–Crippen LogP) is 4.81. The molecule has 0 radical (unpaired) electrons. The van der Waals surface area contributed by atoms with Crippen molar-refractivity contribution in [2.75, 3.05) is 12.1 Å². The molecule has 4 nitrogen and oxygen atoms in total. The first-order valence-corrected chi connectivity index (χ1v) is 7.96. The summed E-state index contributed by atoms with van der Waals surface area (Å²) in [7, 11) is 1.59. The van der Waals surface area contributed by atoms with Gasteiger partial charge < -0.3 is 4.74 Å². The van der Waals surface area contributed by atoms with Crippen molar-refractivity contribution in [1.29, 1.82) is 0 Å². The summed E-state index contributed by atoms with van der Waals surface area (Å²) in [6.45, 7) is 1.78. The van der Waals surface area contributed by atoms with Crippen molar-refractivity contribution in [3.63, 3.8) is 0 Å². The molecule has 0 fully saturated rings. The molecule has 1 amide bonds. The minimum absolute atomic E-state index is 0.248. The number of hydrogen-bond acceptors (Lipinski definition) is 3. The lowest BCUT2D eigenvalue weighted by atomic mass is 10.1. The van der Waals surface area contributed by atoms with Crippen LogP contribution in [0.3, 0.4) is 0 Å². The van der Waals surface area contributed by atoms with Crippen LogP contribution >= 0.6 is 23.2 Å². The molecule has 1 heterocycles. The number of para-hydroxylation sites is 1. The van der Waals surface area contributed by atoms with Crippen LogP contribution in [0.15, 0.2) is 53.1 Å². The van der Waals surface area contributed by atoms with Gasteiger partial charge in [0.25, 0.3) is 5.91 Å². The van der Waals surface area contributed by atoms with E-state index < -0.39 is 0 Å². The van der Waals surface area contributed by atoms with E-state index in [2.05, 4.69) is 5.10 Å². The highest BCUT2D eigenvalue weighted by molar-refractivity contribution is 6.38. The van der Waals surface area contributed by atoms with E-state index in [-0.39, 0.29) is 5.91 Å². The van der Waals surface area contributed by atoms with Crippen LogP contribution in [0.25, 0.3) is 6.08 Å². The third kappa shape index (κ3) is 3.03. The number of carbonyl (C=O) groups is 1. The molecule has 1 aliphatic rings. The van der Waals surface area contributed by atoms with Crippen LogP contribution < -0.4 is 9.75 Å². The average molecular weight is 361 g/mol. The summed E-state index contributed by atoms with van der Waals surface area (Å²) >= 11 is 12.1. The van der Waals surface area contributed by atoms with Gasteiger partial charge in [0, 0.05) is 10.6 Å². The number of carbonyl (C=O) groups excluding carboxylic acids is 1. The molecule has 0 spiro atoms. The van der Waals surface area contributed by atoms with E-state index in [0.717, 1.165) is 5.56 Å². The molecule has 0 bridgehead atoms. The molecule has 2 aromatic rings. The Hall–Kier alpha value is -2.30. The standard InChI is InChI=1S/C18H14Cl2N2O2/c1-11-14(9-12-5-3-4-6-17(12)24-2)18(23)22(21-11)16-8-7-13(19)10-15(16)20/h3-10H,1-2H3/b14-9+. The summed E-state index contributed by atoms with van der Waals surface area (Å²) in [4.78, 5) is 12.8. The highest BCUT2D eigenvalue weighted by atomic mass is 35.5. The van der Waals surface area contributed by atoms with E-state index in [1.54, 1.807) is 38.3 Å². The molecular weight excluding hydrogens is 347 g/mol. The zero-order valence-electron chi connectivity index (χ0n) is 13.1. The fourth-order valence-electron chi connectivity index (χ4n) is 2.44. The molecule has 0 N–H and O–H groups in total. The Labute approximate surface area is 149 Å². The SMILES string of the molecule is COc1ccccc1/C=C1/C(=O)N(c2ccc(Cl)cc2Cl)N=C1C. The number of anilines is 1. The van der Waals surface area contributed by atoms with Gasteiger partial charge in [-0.25, -0.2) is 0 Å². The van der Waals surface area contributed by atoms with Crippen molar-refractivity contribution in [1.82, 2.24) is 0 Å². The highest BCUT2D eigenvalue weighted by Crippen LogP contribution is 2.33. The van der Waals surface area contributed by atoms with Gasteiger partial charge in [0.05, 0.1) is 29.1 Å². The first-order chi connectivity index (χ1) is 11.5. The smallest absolute Gasteiger partial charge is 0.280 e. The van der Waals surface area contributed by atoms with Gasteiger partial charge in [0.2, 0.25) is 0 Å². The number of methoxy groups -OCH3 is 1. The normalized spacial score (nSPS) is 15.8. The summed E-state index contributed by atoms with van der Waals surface area (Å²) in [6, 6.07) is 12.4. The molecule has 0 atom stereocenters. The molecule has 0 saturated heterocycles. The Balaban J connectivity index is 2.00. The maximum Gasteiger partial charge on any atom is 0.280 e. The number of benzene rings is 2. The zero-order valence-corrected chi connectivity index (χ0v) is 14.6. The fourth-order valence-corrected chi connectivity index (χ4v) is 2.93. The summed E-state index contributed by atoms with van der Waals surface area (Å²) in [5.74, 6) is 0.441. The number of halogens is 2. The maximum absolute atomic E-state index is 12.8. The van der Waals surface area contributed by atoms with Crippen LogP contribution in [-0.4, -0.2) is 18.7 Å². The molecule has 3 rings (SSSR count). The summed E-state index contributed by atoms with van der Waals surface area (Å²) in [5, 5.41) is 6.48. The Kier molecular flexibility index (Phi) is 4.60. The fraction of sp³-hybridized carbons (Fsp3) is 0.111. The number of hydrogen-bond donors (Lipinski definition) is 0. The molecule has 0 aliphatic carbocycles. The second-order valence-corrected chi connectivity index (χ2v) is 6.04. The van der Waals surface area contributed by atoms with Gasteiger partial charge >= 0.3 is 0 Å². The van der Waals surface area contributed by atoms with E-state index in [1.165, 1.54) is 5.01 Å². The number of ether oxygens (including phenoxy) is 1.